The van der Waals surface area contributed by atoms with Crippen LogP contribution < -0.4 is 0 Å². The van der Waals surface area contributed by atoms with E-state index in [1.54, 1.807) is 0 Å². The first kappa shape index (κ1) is 25.4. The van der Waals surface area contributed by atoms with E-state index in [-0.39, 0.29) is 11.8 Å². The number of carbonyl (C=O) groups excluding carboxylic acids is 1. The number of aliphatic hydroxyl groups excluding tert-OH is 2. The molecule has 34 heavy (non-hydrogen) atoms. The number of aromatic nitrogens is 1. The molecule has 0 saturated heterocycles. The lowest BCUT2D eigenvalue weighted by atomic mass is 9.79. The Kier molecular flexibility index (Phi) is 7.75. The molecule has 10 nitrogen and oxygen atoms in total. The standard InChI is InChI=1S/C20H25N3O.C4H6O6/c1-4-23(5-2)20(24)14-9-16-15-7-6-8-17-19(15)13(11-21-17)10-18(16)22(3)12-14;5-1(3(7)8)2(6)4(9)10/h6-9,11,14,18,21H,4-5,10,12H2,1-3H3;1-2,5-6H,(H,7,8)(H,9,10)/t14-,18-;1-,2-/m10/s1. The van der Waals surface area contributed by atoms with E-state index in [1.807, 2.05) is 4.90 Å². The molecule has 1 aliphatic carbocycles. The molecule has 0 saturated carbocycles. The summed E-state index contributed by atoms with van der Waals surface area (Å²) >= 11 is 0. The van der Waals surface area contributed by atoms with Crippen LogP contribution in [0.25, 0.3) is 16.5 Å². The molecule has 1 aromatic heterocycles. The molecule has 1 aliphatic heterocycles. The van der Waals surface area contributed by atoms with Crippen molar-refractivity contribution in [3.8, 4) is 0 Å². The highest BCUT2D eigenvalue weighted by Gasteiger charge is 2.36. The van der Waals surface area contributed by atoms with Crippen molar-refractivity contribution in [2.75, 3.05) is 26.7 Å². The third kappa shape index (κ3) is 4.84. The van der Waals surface area contributed by atoms with Gasteiger partial charge < -0.3 is 30.3 Å². The molecule has 1 amide bonds. The topological polar surface area (TPSA) is 154 Å². The summed E-state index contributed by atoms with van der Waals surface area (Å²) in [6, 6.07) is 6.82. The zero-order valence-corrected chi connectivity index (χ0v) is 19.4. The summed E-state index contributed by atoms with van der Waals surface area (Å²) in [5.74, 6) is -3.33. The Morgan fingerprint density at radius 3 is 2.29 bits per heavy atom. The van der Waals surface area contributed by atoms with Gasteiger partial charge in [-0.1, -0.05) is 18.2 Å². The highest BCUT2D eigenvalue weighted by Crippen LogP contribution is 2.40. The Labute approximate surface area is 197 Å². The number of amides is 1. The van der Waals surface area contributed by atoms with Crippen LogP contribution in [0.5, 0.6) is 0 Å². The highest BCUT2D eigenvalue weighted by atomic mass is 16.4. The summed E-state index contributed by atoms with van der Waals surface area (Å²) < 4.78 is 0. The molecule has 4 atom stereocenters. The molecule has 4 rings (SSSR count). The number of carboxylic acid groups (broad SMARTS) is 2. The van der Waals surface area contributed by atoms with Crippen molar-refractivity contribution in [1.29, 1.82) is 0 Å². The quantitative estimate of drug-likeness (QED) is 0.412. The molecular formula is C24H31N3O7. The number of nitrogens with one attached hydrogen (secondary N) is 1. The molecule has 5 N–H and O–H groups in total. The van der Waals surface area contributed by atoms with Crippen LogP contribution >= 0.6 is 0 Å². The van der Waals surface area contributed by atoms with E-state index in [0.29, 0.717) is 6.04 Å². The Balaban J connectivity index is 0.000000277. The van der Waals surface area contributed by atoms with Crippen LogP contribution in [0, 0.1) is 5.92 Å². The number of carboxylic acids is 2. The normalized spacial score (nSPS) is 20.9. The second kappa shape index (κ2) is 10.4. The monoisotopic (exact) mass is 473 g/mol. The number of benzene rings is 1. The van der Waals surface area contributed by atoms with E-state index in [0.717, 1.165) is 26.1 Å². The number of rotatable bonds is 6. The Bertz CT molecular complexity index is 1090. The van der Waals surface area contributed by atoms with Gasteiger partial charge in [0.15, 0.2) is 12.2 Å². The summed E-state index contributed by atoms with van der Waals surface area (Å²) in [7, 11) is 2.15. The number of aromatic amines is 1. The van der Waals surface area contributed by atoms with Gasteiger partial charge in [0.1, 0.15) is 0 Å². The van der Waals surface area contributed by atoms with Crippen molar-refractivity contribution in [1.82, 2.24) is 14.8 Å². The molecule has 184 valence electrons. The summed E-state index contributed by atoms with van der Waals surface area (Å²) in [6.07, 6.45) is 0.878. The van der Waals surface area contributed by atoms with Crippen LogP contribution in [0.4, 0.5) is 0 Å². The third-order valence-corrected chi connectivity index (χ3v) is 6.47. The van der Waals surface area contributed by atoms with E-state index in [1.165, 1.54) is 27.6 Å². The molecule has 2 aromatic rings. The molecule has 0 spiro atoms. The van der Waals surface area contributed by atoms with Gasteiger partial charge in [-0.25, -0.2) is 9.59 Å². The maximum absolute atomic E-state index is 12.9. The number of hydrogen-bond acceptors (Lipinski definition) is 6. The second-order valence-electron chi connectivity index (χ2n) is 8.51. The lowest BCUT2D eigenvalue weighted by Gasteiger charge is -2.40. The average molecular weight is 474 g/mol. The van der Waals surface area contributed by atoms with Gasteiger partial charge in [0, 0.05) is 42.8 Å². The number of hydrogen-bond donors (Lipinski definition) is 5. The van der Waals surface area contributed by atoms with Crippen molar-refractivity contribution < 1.29 is 34.8 Å². The van der Waals surface area contributed by atoms with Crippen molar-refractivity contribution >= 4 is 34.3 Å². The van der Waals surface area contributed by atoms with Crippen molar-refractivity contribution in [3.63, 3.8) is 0 Å². The van der Waals surface area contributed by atoms with Gasteiger partial charge in [0.05, 0.1) is 5.92 Å². The highest BCUT2D eigenvalue weighted by molar-refractivity contribution is 5.99. The first-order chi connectivity index (χ1) is 16.1. The number of aliphatic carboxylic acids is 2. The number of fused-ring (bicyclic) bond motifs is 2. The fourth-order valence-electron chi connectivity index (χ4n) is 4.65. The van der Waals surface area contributed by atoms with Gasteiger partial charge in [-0.2, -0.15) is 0 Å². The minimum atomic E-state index is -2.27. The van der Waals surface area contributed by atoms with Crippen molar-refractivity contribution in [3.05, 3.63) is 41.6 Å². The van der Waals surface area contributed by atoms with Gasteiger partial charge in [-0.15, -0.1) is 0 Å². The first-order valence-electron chi connectivity index (χ1n) is 11.2. The number of H-pyrrole nitrogens is 1. The van der Waals surface area contributed by atoms with Crippen LogP contribution in [0.3, 0.4) is 0 Å². The van der Waals surface area contributed by atoms with Gasteiger partial charge in [0.2, 0.25) is 5.91 Å². The second-order valence-corrected chi connectivity index (χ2v) is 8.51. The number of likely N-dealkylation sites (N-methyl/N-ethyl adjacent to an activating group) is 1. The van der Waals surface area contributed by atoms with E-state index in [9.17, 15) is 14.4 Å². The fourth-order valence-corrected chi connectivity index (χ4v) is 4.65. The molecule has 2 heterocycles. The summed E-state index contributed by atoms with van der Waals surface area (Å²) in [5.41, 5.74) is 5.21. The molecule has 10 heteroatoms. The maximum atomic E-state index is 12.9. The predicted molar refractivity (Wildman–Crippen MR) is 125 cm³/mol. The first-order valence-corrected chi connectivity index (χ1v) is 11.2. The molecule has 2 aliphatic rings. The predicted octanol–water partition coefficient (Wildman–Crippen LogP) is 0.783. The van der Waals surface area contributed by atoms with E-state index < -0.39 is 24.1 Å². The lowest BCUT2D eigenvalue weighted by molar-refractivity contribution is -0.165. The van der Waals surface area contributed by atoms with Gasteiger partial charge in [-0.3, -0.25) is 9.69 Å². The lowest BCUT2D eigenvalue weighted by Crippen LogP contribution is -2.47. The zero-order chi connectivity index (χ0) is 25.2. The van der Waals surface area contributed by atoms with Crippen LogP contribution in [-0.2, 0) is 20.8 Å². The molecule has 1 aromatic carbocycles. The van der Waals surface area contributed by atoms with Gasteiger partial charge >= 0.3 is 11.9 Å². The largest absolute Gasteiger partial charge is 0.479 e. The van der Waals surface area contributed by atoms with Crippen LogP contribution in [0.15, 0.2) is 30.5 Å². The Morgan fingerprint density at radius 2 is 1.74 bits per heavy atom. The fraction of sp³-hybridized carbons (Fsp3) is 0.458. The third-order valence-electron chi connectivity index (χ3n) is 6.47. The van der Waals surface area contributed by atoms with Crippen LogP contribution in [0.1, 0.15) is 25.0 Å². The Hall–Kier alpha value is -3.21. The van der Waals surface area contributed by atoms with Gasteiger partial charge in [-0.05, 0) is 50.1 Å². The minimum absolute atomic E-state index is 0.0445. The molecule has 0 fully saturated rings. The summed E-state index contributed by atoms with van der Waals surface area (Å²) in [4.78, 5) is 40.1. The van der Waals surface area contributed by atoms with Crippen molar-refractivity contribution in [2.24, 2.45) is 5.92 Å². The molecule has 0 unspecified atom stereocenters. The summed E-state index contributed by atoms with van der Waals surface area (Å²) in [6.45, 7) is 6.47. The molecular weight excluding hydrogens is 442 g/mol. The van der Waals surface area contributed by atoms with E-state index in [2.05, 4.69) is 61.3 Å². The summed E-state index contributed by atoms with van der Waals surface area (Å²) in [5, 5.41) is 33.9. The Morgan fingerprint density at radius 1 is 1.12 bits per heavy atom. The smallest absolute Gasteiger partial charge is 0.335 e. The zero-order valence-electron chi connectivity index (χ0n) is 19.4. The van der Waals surface area contributed by atoms with Crippen molar-refractivity contribution in [2.45, 2.75) is 38.5 Å². The maximum Gasteiger partial charge on any atom is 0.335 e. The van der Waals surface area contributed by atoms with Crippen LogP contribution in [0.2, 0.25) is 0 Å². The number of carbonyl (C=O) groups is 3. The van der Waals surface area contributed by atoms with Gasteiger partial charge in [0.25, 0.3) is 0 Å². The number of aliphatic hydroxyl groups is 2. The SMILES string of the molecule is CCN(CC)C(=O)[C@@H]1C=C2c3cccc4[nH]cc(c34)C[C@H]2N(C)C1.O=C(O)[C@@H](O)[C@H](O)C(=O)O. The minimum Gasteiger partial charge on any atom is -0.479 e. The van der Waals surface area contributed by atoms with Crippen LogP contribution in [-0.4, -0.2) is 98.0 Å². The van der Waals surface area contributed by atoms with E-state index in [4.69, 9.17) is 20.4 Å². The average Bonchev–Trinajstić information content (AvgIpc) is 3.23. The molecule has 0 radical (unpaired) electrons. The number of nitrogens with zero attached hydrogens (tertiary/aromatic N) is 2. The molecule has 0 bridgehead atoms. The van der Waals surface area contributed by atoms with E-state index >= 15 is 0 Å².